The molecule has 0 N–H and O–H groups in total. The Hall–Kier alpha value is -2.88. The van der Waals surface area contributed by atoms with E-state index in [-0.39, 0.29) is 10.8 Å². The molecule has 2 aromatic heterocycles. The fourth-order valence-electron chi connectivity index (χ4n) is 6.93. The van der Waals surface area contributed by atoms with E-state index in [1.807, 2.05) is 23.1 Å². The van der Waals surface area contributed by atoms with E-state index in [0.29, 0.717) is 0 Å². The van der Waals surface area contributed by atoms with Gasteiger partial charge < -0.3 is 0 Å². The molecule has 0 fully saturated rings. The molecule has 0 saturated heterocycles. The van der Waals surface area contributed by atoms with Gasteiger partial charge in [0.15, 0.2) is 6.20 Å². The van der Waals surface area contributed by atoms with Crippen LogP contribution in [0.4, 0.5) is 0 Å². The van der Waals surface area contributed by atoms with Gasteiger partial charge in [-0.1, -0.05) is 83.1 Å². The molecule has 1 nitrogen and oxygen atoms in total. The SMILES string of the molecule is Cc1ccc2c(C)c3c(c(CC(C)(C)C)c2c1)Sc1cc2c4cc(CC(C)(C)C)ccc4sc2c2cc[n+](C)c-3c12. The van der Waals surface area contributed by atoms with E-state index in [4.69, 9.17) is 0 Å². The molecule has 1 aliphatic heterocycles. The number of aromatic nitrogens is 1. The van der Waals surface area contributed by atoms with Crippen molar-refractivity contribution in [1.82, 2.24) is 0 Å². The van der Waals surface area contributed by atoms with Crippen LogP contribution in [0.2, 0.25) is 0 Å². The molecule has 4 aromatic carbocycles. The van der Waals surface area contributed by atoms with Crippen molar-refractivity contribution in [2.45, 2.75) is 78.0 Å². The van der Waals surface area contributed by atoms with Gasteiger partial charge in [-0.3, -0.25) is 0 Å². The van der Waals surface area contributed by atoms with Crippen LogP contribution in [0.1, 0.15) is 63.8 Å². The normalized spacial score (nSPS) is 13.6. The van der Waals surface area contributed by atoms with E-state index in [1.54, 1.807) is 0 Å². The first-order valence-electron chi connectivity index (χ1n) is 14.8. The number of rotatable bonds is 2. The largest absolute Gasteiger partial charge is 0.222 e. The molecular formula is C38H40NS2+. The highest BCUT2D eigenvalue weighted by Gasteiger charge is 2.33. The molecule has 0 unspecified atom stereocenters. The van der Waals surface area contributed by atoms with Gasteiger partial charge in [0, 0.05) is 41.4 Å². The van der Waals surface area contributed by atoms with Crippen molar-refractivity contribution in [3.63, 3.8) is 0 Å². The van der Waals surface area contributed by atoms with E-state index >= 15 is 0 Å². The summed E-state index contributed by atoms with van der Waals surface area (Å²) in [5.41, 5.74) is 8.92. The fourth-order valence-corrected chi connectivity index (χ4v) is 9.48. The minimum Gasteiger partial charge on any atom is -0.200 e. The van der Waals surface area contributed by atoms with Crippen LogP contribution in [-0.2, 0) is 19.9 Å². The molecule has 6 aromatic rings. The number of aryl methyl sites for hydroxylation is 3. The highest BCUT2D eigenvalue weighted by Crippen LogP contribution is 2.55. The summed E-state index contributed by atoms with van der Waals surface area (Å²) in [6, 6.07) is 19.1. The molecule has 0 aliphatic carbocycles. The molecule has 208 valence electrons. The summed E-state index contributed by atoms with van der Waals surface area (Å²) in [7, 11) is 2.23. The van der Waals surface area contributed by atoms with Crippen molar-refractivity contribution < 1.29 is 4.57 Å². The third-order valence-electron chi connectivity index (χ3n) is 8.55. The van der Waals surface area contributed by atoms with E-state index in [9.17, 15) is 0 Å². The summed E-state index contributed by atoms with van der Waals surface area (Å²) in [5.74, 6) is 0. The van der Waals surface area contributed by atoms with Gasteiger partial charge in [0.2, 0.25) is 5.69 Å². The maximum absolute atomic E-state index is 2.52. The number of hydrogen-bond donors (Lipinski definition) is 0. The lowest BCUT2D eigenvalue weighted by atomic mass is 9.82. The topological polar surface area (TPSA) is 3.88 Å². The monoisotopic (exact) mass is 574 g/mol. The van der Waals surface area contributed by atoms with Crippen LogP contribution in [0.5, 0.6) is 0 Å². The second kappa shape index (κ2) is 9.06. The highest BCUT2D eigenvalue weighted by atomic mass is 32.2. The Morgan fingerprint density at radius 2 is 1.49 bits per heavy atom. The first-order chi connectivity index (χ1) is 19.3. The number of fused-ring (bicyclic) bond motifs is 7. The average Bonchev–Trinajstić information content (AvgIpc) is 3.23. The van der Waals surface area contributed by atoms with Gasteiger partial charge in [-0.25, -0.2) is 4.57 Å². The number of hydrogen-bond acceptors (Lipinski definition) is 2. The third kappa shape index (κ3) is 4.39. The summed E-state index contributed by atoms with van der Waals surface area (Å²) in [6.07, 6.45) is 4.43. The fraction of sp³-hybridized carbons (Fsp3) is 0.342. The van der Waals surface area contributed by atoms with Gasteiger partial charge in [0.1, 0.15) is 7.05 Å². The van der Waals surface area contributed by atoms with Crippen molar-refractivity contribution in [3.8, 4) is 11.3 Å². The number of pyridine rings is 1. The molecule has 0 amide bonds. The predicted molar refractivity (Wildman–Crippen MR) is 181 cm³/mol. The Morgan fingerprint density at radius 1 is 0.732 bits per heavy atom. The van der Waals surface area contributed by atoms with Crippen molar-refractivity contribution in [1.29, 1.82) is 0 Å². The summed E-state index contributed by atoms with van der Waals surface area (Å²) in [4.78, 5) is 2.85. The molecular weight excluding hydrogens is 535 g/mol. The van der Waals surface area contributed by atoms with Gasteiger partial charge in [0.25, 0.3) is 0 Å². The van der Waals surface area contributed by atoms with Crippen LogP contribution in [0.3, 0.4) is 0 Å². The summed E-state index contributed by atoms with van der Waals surface area (Å²) in [5, 5.41) is 8.44. The molecule has 3 heteroatoms. The van der Waals surface area contributed by atoms with E-state index in [0.717, 1.165) is 12.8 Å². The average molecular weight is 575 g/mol. The minimum atomic E-state index is 0.186. The van der Waals surface area contributed by atoms with Crippen molar-refractivity contribution in [2.24, 2.45) is 17.9 Å². The molecule has 0 saturated carbocycles. The molecule has 0 spiro atoms. The molecule has 3 heterocycles. The molecule has 7 rings (SSSR count). The van der Waals surface area contributed by atoms with Gasteiger partial charge in [-0.2, -0.15) is 0 Å². The van der Waals surface area contributed by atoms with Gasteiger partial charge >= 0.3 is 0 Å². The predicted octanol–water partition coefficient (Wildman–Crippen LogP) is 11.1. The van der Waals surface area contributed by atoms with Gasteiger partial charge in [0.05, 0.1) is 10.9 Å². The van der Waals surface area contributed by atoms with E-state index in [2.05, 4.69) is 122 Å². The zero-order chi connectivity index (χ0) is 29.0. The van der Waals surface area contributed by atoms with E-state index in [1.165, 1.54) is 85.0 Å². The first-order valence-corrected chi connectivity index (χ1v) is 16.5. The van der Waals surface area contributed by atoms with Crippen LogP contribution in [-0.4, -0.2) is 0 Å². The lowest BCUT2D eigenvalue weighted by Crippen LogP contribution is -2.32. The quantitative estimate of drug-likeness (QED) is 0.186. The standard InChI is InChI=1S/C38H40NS2/c1-21-10-12-24-22(2)32-34-33-25(14-15-39(34)9)35-28(27-17-23(19-37(3,4)5)11-13-30(27)40-35)18-31(33)41-36(32)29(26(24)16-21)20-38(6,7)8/h10-18H,19-20H2,1-9H3/q+1. The Morgan fingerprint density at radius 3 is 2.22 bits per heavy atom. The van der Waals surface area contributed by atoms with Gasteiger partial charge in [-0.05, 0) is 83.2 Å². The highest BCUT2D eigenvalue weighted by molar-refractivity contribution is 8.00. The Kier molecular flexibility index (Phi) is 5.96. The number of benzene rings is 4. The smallest absolute Gasteiger partial charge is 0.200 e. The first kappa shape index (κ1) is 27.0. The Labute approximate surface area is 252 Å². The van der Waals surface area contributed by atoms with Crippen molar-refractivity contribution in [3.05, 3.63) is 77.0 Å². The second-order valence-corrected chi connectivity index (χ2v) is 16.8. The van der Waals surface area contributed by atoms with Crippen LogP contribution in [0.15, 0.2) is 64.5 Å². The van der Waals surface area contributed by atoms with Crippen LogP contribution >= 0.6 is 23.1 Å². The summed E-state index contributed by atoms with van der Waals surface area (Å²) < 4.78 is 5.18. The summed E-state index contributed by atoms with van der Waals surface area (Å²) >= 11 is 3.98. The van der Waals surface area contributed by atoms with Crippen LogP contribution in [0, 0.1) is 24.7 Å². The Balaban J connectivity index is 1.59. The lowest BCUT2D eigenvalue weighted by molar-refractivity contribution is -0.659. The van der Waals surface area contributed by atoms with Crippen molar-refractivity contribution >= 4 is 64.8 Å². The third-order valence-corrected chi connectivity index (χ3v) is 11.0. The maximum Gasteiger partial charge on any atom is 0.222 e. The Bertz CT molecular complexity index is 2060. The molecule has 0 atom stereocenters. The maximum atomic E-state index is 2.52. The molecule has 1 aliphatic rings. The van der Waals surface area contributed by atoms with E-state index < -0.39 is 0 Å². The van der Waals surface area contributed by atoms with Crippen molar-refractivity contribution in [2.75, 3.05) is 0 Å². The minimum absolute atomic E-state index is 0.186. The zero-order valence-corrected chi connectivity index (χ0v) is 27.5. The molecule has 0 radical (unpaired) electrons. The lowest BCUT2D eigenvalue weighted by Gasteiger charge is -2.28. The summed E-state index contributed by atoms with van der Waals surface area (Å²) in [6.45, 7) is 18.7. The molecule has 0 bridgehead atoms. The second-order valence-electron chi connectivity index (χ2n) is 14.7. The number of nitrogens with zero attached hydrogens (tertiary/aromatic N) is 1. The molecule has 41 heavy (non-hydrogen) atoms. The van der Waals surface area contributed by atoms with Crippen LogP contribution < -0.4 is 4.57 Å². The van der Waals surface area contributed by atoms with Gasteiger partial charge in [-0.15, -0.1) is 11.3 Å². The van der Waals surface area contributed by atoms with Crippen LogP contribution in [0.25, 0.3) is 53.0 Å². The number of thiophene rings is 1. The zero-order valence-electron chi connectivity index (χ0n) is 25.9.